The summed E-state index contributed by atoms with van der Waals surface area (Å²) >= 11 is 0. The molecule has 0 aliphatic heterocycles. The normalized spacial score (nSPS) is 11.1. The van der Waals surface area contributed by atoms with Crippen LogP contribution in [-0.4, -0.2) is 18.1 Å². The lowest BCUT2D eigenvalue weighted by atomic mass is 9.71. The Bertz CT molecular complexity index is 4370. The number of alkyl halides is 6. The lowest BCUT2D eigenvalue weighted by molar-refractivity contribution is -0.288. The molecule has 0 spiro atoms. The van der Waals surface area contributed by atoms with Crippen LogP contribution in [0.25, 0.3) is 21.9 Å². The van der Waals surface area contributed by atoms with E-state index >= 15 is 0 Å². The van der Waals surface area contributed by atoms with Crippen LogP contribution in [0.4, 0.5) is 26.3 Å². The number of carbonyl (C=O) groups excluding carboxylic acids is 1. The molecule has 524 valence electrons. The molecule has 0 aromatic heterocycles. The van der Waals surface area contributed by atoms with Crippen molar-refractivity contribution in [3.63, 3.8) is 0 Å². The van der Waals surface area contributed by atoms with Crippen LogP contribution in [0.5, 0.6) is 11.5 Å². The van der Waals surface area contributed by atoms with E-state index in [2.05, 4.69) is 222 Å². The van der Waals surface area contributed by atoms with E-state index in [1.54, 1.807) is 13.8 Å². The maximum Gasteiger partial charge on any atom is 0.411 e. The zero-order chi connectivity index (χ0) is 74.6. The molecule has 0 saturated heterocycles. The Morgan fingerprint density at radius 1 is 0.230 bits per heavy atom. The quantitative estimate of drug-likeness (QED) is 0.117. The number of benzene rings is 11. The van der Waals surface area contributed by atoms with Crippen molar-refractivity contribution in [2.45, 2.75) is 184 Å². The second kappa shape index (κ2) is 33.7. The van der Waals surface area contributed by atoms with Gasteiger partial charge in [-0.25, -0.2) is 0 Å². The predicted molar refractivity (Wildman–Crippen MR) is 411 cm³/mol. The number of rotatable bonds is 7. The zero-order valence-corrected chi connectivity index (χ0v) is 63.4. The van der Waals surface area contributed by atoms with Crippen LogP contribution in [0.15, 0.2) is 182 Å². The van der Waals surface area contributed by atoms with Crippen LogP contribution in [0, 0.1) is 166 Å². The Balaban J connectivity index is 0.000000192. The Hall–Kier alpha value is -9.27. The van der Waals surface area contributed by atoms with Gasteiger partial charge < -0.3 is 4.74 Å². The summed E-state index contributed by atoms with van der Waals surface area (Å²) in [4.78, 5) is 12.4. The summed E-state index contributed by atoms with van der Waals surface area (Å²) < 4.78 is 89.8. The number of ketones is 1. The summed E-state index contributed by atoms with van der Waals surface area (Å²) in [5, 5.41) is 2.87. The molecule has 0 atom stereocenters. The lowest BCUT2D eigenvalue weighted by Crippen LogP contribution is -2.54. The second-order valence-electron chi connectivity index (χ2n) is 27.6. The maximum atomic E-state index is 14.0. The van der Waals surface area contributed by atoms with E-state index in [1.807, 2.05) is 62.4 Å². The molecular weight excluding hydrogens is 1250 g/mol. The first kappa shape index (κ1) is 79.7. The smallest absolute Gasteiger partial charge is 0.411 e. The first-order chi connectivity index (χ1) is 46.7. The van der Waals surface area contributed by atoms with Gasteiger partial charge >= 0.3 is 12.4 Å². The van der Waals surface area contributed by atoms with E-state index in [9.17, 15) is 31.1 Å². The molecule has 0 aliphatic rings. The van der Waals surface area contributed by atoms with E-state index in [-0.39, 0.29) is 5.78 Å². The molecule has 0 aliphatic carbocycles. The molecule has 11 rings (SSSR count). The molecule has 0 fully saturated rings. The van der Waals surface area contributed by atoms with Gasteiger partial charge in [-0.05, 0) is 369 Å². The highest BCUT2D eigenvalue weighted by molar-refractivity contribution is 6.09. The molecule has 0 heterocycles. The lowest BCUT2D eigenvalue weighted by Gasteiger charge is -2.38. The molecule has 2 nitrogen and oxygen atoms in total. The van der Waals surface area contributed by atoms with E-state index < -0.39 is 28.9 Å². The van der Waals surface area contributed by atoms with Crippen LogP contribution < -0.4 is 4.74 Å². The van der Waals surface area contributed by atoms with Gasteiger partial charge in [-0.2, -0.15) is 26.3 Å². The number of hydrogen-bond acceptors (Lipinski definition) is 2. The minimum absolute atomic E-state index is 0.0983. The summed E-state index contributed by atoms with van der Waals surface area (Å²) in [6.07, 6.45) is -11.1. The molecule has 11 aromatic carbocycles. The minimum Gasteiger partial charge on any atom is -0.457 e. The van der Waals surface area contributed by atoms with Gasteiger partial charge in [0.2, 0.25) is 5.41 Å². The molecule has 11 aromatic rings. The van der Waals surface area contributed by atoms with Gasteiger partial charge in [0.25, 0.3) is 0 Å². The van der Waals surface area contributed by atoms with Gasteiger partial charge in [-0.3, -0.25) is 4.79 Å². The molecular formula is C92H102F6O2. The molecule has 0 N–H and O–H groups in total. The zero-order valence-electron chi connectivity index (χ0n) is 63.4. The Kier molecular flexibility index (Phi) is 26.9. The average Bonchev–Trinajstić information content (AvgIpc) is 0.713. The SMILES string of the molecule is Cc1cc(C)c(C)cc1C.Cc1ccc(-c2ccc(C)c(C)c2)cc1C.Cc1ccc(C(=O)c2ccc(C)c(C)c2)cc1C.Cc1ccc(C(c2ccc(C)c(C)c2)(C(F)(F)F)C(F)(F)F)cc1C.Cc1ccc(C)c2c(C)ccc(C)c12.Cc1ccc(Oc2ccc(C)c(C)c2)cc1C. The summed E-state index contributed by atoms with van der Waals surface area (Å²) in [5.74, 6) is 1.90. The number of aryl methyl sites for hydroxylation is 24. The predicted octanol–water partition coefficient (Wildman–Crippen LogP) is 26.8. The van der Waals surface area contributed by atoms with E-state index in [4.69, 9.17) is 4.74 Å². The van der Waals surface area contributed by atoms with E-state index in [0.717, 1.165) is 58.0 Å². The van der Waals surface area contributed by atoms with Crippen LogP contribution >= 0.6 is 0 Å². The first-order valence-corrected chi connectivity index (χ1v) is 34.1. The van der Waals surface area contributed by atoms with Crippen molar-refractivity contribution < 1.29 is 35.9 Å². The highest BCUT2D eigenvalue weighted by Crippen LogP contribution is 2.56. The first-order valence-electron chi connectivity index (χ1n) is 34.1. The van der Waals surface area contributed by atoms with Crippen molar-refractivity contribution >= 4 is 16.6 Å². The number of halogens is 6. The van der Waals surface area contributed by atoms with E-state index in [1.165, 1.54) is 148 Å². The van der Waals surface area contributed by atoms with Gasteiger partial charge in [-0.15, -0.1) is 0 Å². The van der Waals surface area contributed by atoms with Gasteiger partial charge in [0.1, 0.15) is 11.5 Å². The fourth-order valence-corrected chi connectivity index (χ4v) is 11.7. The summed E-state index contributed by atoms with van der Waals surface area (Å²) in [7, 11) is 0. The monoisotopic (exact) mass is 1350 g/mol. The van der Waals surface area contributed by atoms with Crippen LogP contribution in [0.3, 0.4) is 0 Å². The molecule has 100 heavy (non-hydrogen) atoms. The third kappa shape index (κ3) is 19.6. The highest BCUT2D eigenvalue weighted by atomic mass is 19.4. The average molecular weight is 1350 g/mol. The Morgan fingerprint density at radius 3 is 0.700 bits per heavy atom. The van der Waals surface area contributed by atoms with Gasteiger partial charge in [0.05, 0.1) is 0 Å². The standard InChI is InChI=1S/C19H18F6.C17H18O.C16H18O.C16H18.C14H16.C10H14/c1-11-5-7-15(9-13(11)3)17(18(20,21)22,19(23,24)25)16-8-6-12(2)14(4)10-16;1-11-5-7-15(9-13(11)3)17(18)16-8-6-12(2)14(4)10-16;1-11-5-7-15(9-13(11)3)17-16-8-6-12(2)14(4)10-16;1-11-5-7-15(9-13(11)3)16-8-6-12(2)14(4)10-16;1-9-5-6-11(3)14-12(4)8-7-10(2)13(9)14;1-7-5-9(3)10(4)6-8(7)2/h5-10H,1-4H3;5-10H,1-4H3;5-10H,1-4H3;5-10H,1-4H3;5-8H,1-4H3;5-6H,1-4H3. The Morgan fingerprint density at radius 2 is 0.450 bits per heavy atom. The molecule has 0 radical (unpaired) electrons. The maximum absolute atomic E-state index is 14.0. The molecule has 8 heteroatoms. The Labute approximate surface area is 593 Å². The third-order valence-electron chi connectivity index (χ3n) is 19.9. The van der Waals surface area contributed by atoms with Gasteiger partial charge in [-0.1, -0.05) is 146 Å². The van der Waals surface area contributed by atoms with Crippen LogP contribution in [0.1, 0.15) is 161 Å². The minimum atomic E-state index is -5.55. The van der Waals surface area contributed by atoms with Crippen molar-refractivity contribution in [3.8, 4) is 22.6 Å². The summed E-state index contributed by atoms with van der Waals surface area (Å²) in [6.45, 7) is 48.9. The number of ether oxygens (including phenoxy) is 1. The second-order valence-corrected chi connectivity index (χ2v) is 27.6. The molecule has 0 unspecified atom stereocenters. The van der Waals surface area contributed by atoms with Crippen molar-refractivity contribution in [1.82, 2.24) is 0 Å². The van der Waals surface area contributed by atoms with Crippen LogP contribution in [0.2, 0.25) is 0 Å². The van der Waals surface area contributed by atoms with E-state index in [0.29, 0.717) is 22.3 Å². The largest absolute Gasteiger partial charge is 0.457 e. The molecule has 0 amide bonds. The van der Waals surface area contributed by atoms with Crippen molar-refractivity contribution in [3.05, 3.63) is 338 Å². The third-order valence-corrected chi connectivity index (χ3v) is 19.9. The van der Waals surface area contributed by atoms with Crippen molar-refractivity contribution in [2.75, 3.05) is 0 Å². The highest BCUT2D eigenvalue weighted by Gasteiger charge is 2.72. The number of hydrogen-bond donors (Lipinski definition) is 0. The topological polar surface area (TPSA) is 26.3 Å². The summed E-state index contributed by atoms with van der Waals surface area (Å²) in [6, 6.07) is 57.1. The van der Waals surface area contributed by atoms with Crippen molar-refractivity contribution in [1.29, 1.82) is 0 Å². The van der Waals surface area contributed by atoms with Gasteiger partial charge in [0.15, 0.2) is 5.78 Å². The summed E-state index contributed by atoms with van der Waals surface area (Å²) in [5.41, 5.74) is 26.8. The molecule has 0 saturated carbocycles. The van der Waals surface area contributed by atoms with Crippen LogP contribution in [-0.2, 0) is 5.41 Å². The number of carbonyl (C=O) groups is 1. The fraction of sp³-hybridized carbons (Fsp3) is 0.293. The van der Waals surface area contributed by atoms with Crippen molar-refractivity contribution in [2.24, 2.45) is 0 Å². The van der Waals surface area contributed by atoms with Gasteiger partial charge in [0, 0.05) is 11.1 Å². The number of fused-ring (bicyclic) bond motifs is 1. The fourth-order valence-electron chi connectivity index (χ4n) is 11.7. The molecule has 0 bridgehead atoms.